The molecule has 43 heavy (non-hydrogen) atoms. The summed E-state index contributed by atoms with van der Waals surface area (Å²) in [6.07, 6.45) is 7.46. The van der Waals surface area contributed by atoms with Gasteiger partial charge in [0.15, 0.2) is 12.1 Å². The first kappa shape index (κ1) is 30.2. The van der Waals surface area contributed by atoms with E-state index in [1.54, 1.807) is 12.0 Å². The van der Waals surface area contributed by atoms with Crippen LogP contribution in [0.4, 0.5) is 0 Å². The molecule has 10 nitrogen and oxygen atoms in total. The third-order valence-corrected chi connectivity index (χ3v) is 10.9. The van der Waals surface area contributed by atoms with E-state index in [4.69, 9.17) is 9.47 Å². The number of nitriles is 1. The van der Waals surface area contributed by atoms with Crippen LogP contribution in [0.15, 0.2) is 30.9 Å². The van der Waals surface area contributed by atoms with E-state index < -0.39 is 11.8 Å². The van der Waals surface area contributed by atoms with Crippen LogP contribution in [0.25, 0.3) is 0 Å². The van der Waals surface area contributed by atoms with Gasteiger partial charge in [0, 0.05) is 37.0 Å². The van der Waals surface area contributed by atoms with E-state index >= 15 is 0 Å². The number of carbonyl (C=O) groups is 2. The number of ether oxygens (including phenoxy) is 2. The molecule has 7 atom stereocenters. The molecule has 3 aliphatic heterocycles. The molecule has 2 aliphatic carbocycles. The monoisotopic (exact) mass is 590 g/mol. The van der Waals surface area contributed by atoms with Gasteiger partial charge in [-0.2, -0.15) is 5.26 Å². The van der Waals surface area contributed by atoms with Gasteiger partial charge in [-0.05, 0) is 81.8 Å². The van der Waals surface area contributed by atoms with Crippen molar-refractivity contribution >= 4 is 11.7 Å². The second kappa shape index (κ2) is 12.7. The number of likely N-dealkylation sites (N-methyl/N-ethyl adjacent to an activating group) is 1. The van der Waals surface area contributed by atoms with Crippen molar-refractivity contribution in [3.63, 3.8) is 0 Å². The van der Waals surface area contributed by atoms with Gasteiger partial charge >= 0.3 is 0 Å². The first-order valence-electron chi connectivity index (χ1n) is 15.9. The van der Waals surface area contributed by atoms with E-state index in [0.29, 0.717) is 38.7 Å². The lowest BCUT2D eigenvalue weighted by molar-refractivity contribution is -0.154. The van der Waals surface area contributed by atoms with Gasteiger partial charge in [0.1, 0.15) is 5.75 Å². The van der Waals surface area contributed by atoms with E-state index in [0.717, 1.165) is 44.4 Å². The summed E-state index contributed by atoms with van der Waals surface area (Å²) in [5.74, 6) is 1.07. The van der Waals surface area contributed by atoms with Crippen LogP contribution in [0.5, 0.6) is 5.75 Å². The SMILES string of the molecule is C=CC(=O)N1CCN(C2NC(OCC3CCCN3C)NC3C(=O)C4(CCc5cccc(OC)c5C4)CCC32)CC1CC#N. The summed E-state index contributed by atoms with van der Waals surface area (Å²) in [5, 5.41) is 16.9. The largest absolute Gasteiger partial charge is 0.496 e. The van der Waals surface area contributed by atoms with Crippen LogP contribution in [0.2, 0.25) is 0 Å². The van der Waals surface area contributed by atoms with E-state index in [1.165, 1.54) is 23.6 Å². The fourth-order valence-electron chi connectivity index (χ4n) is 8.44. The second-order valence-corrected chi connectivity index (χ2v) is 13.1. The number of nitrogens with zero attached hydrogens (tertiary/aromatic N) is 4. The Morgan fingerprint density at radius 2 is 2.07 bits per heavy atom. The van der Waals surface area contributed by atoms with Crippen LogP contribution in [0.3, 0.4) is 0 Å². The number of methoxy groups -OCH3 is 1. The summed E-state index contributed by atoms with van der Waals surface area (Å²) in [4.78, 5) is 33.7. The van der Waals surface area contributed by atoms with Crippen LogP contribution in [-0.4, -0.2) is 104 Å². The van der Waals surface area contributed by atoms with Gasteiger partial charge in [0.25, 0.3) is 0 Å². The van der Waals surface area contributed by atoms with Crippen LogP contribution >= 0.6 is 0 Å². The zero-order chi connectivity index (χ0) is 30.1. The Morgan fingerprint density at radius 1 is 1.21 bits per heavy atom. The smallest absolute Gasteiger partial charge is 0.246 e. The molecule has 1 spiro atoms. The molecule has 1 aromatic rings. The number of piperazine rings is 1. The van der Waals surface area contributed by atoms with E-state index in [2.05, 4.69) is 46.2 Å². The molecule has 4 fully saturated rings. The first-order chi connectivity index (χ1) is 20.9. The zero-order valence-electron chi connectivity index (χ0n) is 25.6. The molecule has 0 bridgehead atoms. The van der Waals surface area contributed by atoms with Crippen LogP contribution in [0, 0.1) is 22.7 Å². The maximum absolute atomic E-state index is 14.7. The van der Waals surface area contributed by atoms with Crippen molar-refractivity contribution in [1.29, 1.82) is 5.26 Å². The Kier molecular flexibility index (Phi) is 8.90. The number of likely N-dealkylation sites (tertiary alicyclic amines) is 1. The molecule has 3 heterocycles. The summed E-state index contributed by atoms with van der Waals surface area (Å²) < 4.78 is 12.2. The van der Waals surface area contributed by atoms with Crippen LogP contribution in [-0.2, 0) is 27.2 Å². The van der Waals surface area contributed by atoms with Crippen molar-refractivity contribution in [2.45, 2.75) is 82.0 Å². The summed E-state index contributed by atoms with van der Waals surface area (Å²) in [6, 6.07) is 8.28. The van der Waals surface area contributed by atoms with Gasteiger partial charge < -0.3 is 19.3 Å². The number of hydrogen-bond acceptors (Lipinski definition) is 9. The van der Waals surface area contributed by atoms with E-state index in [1.807, 2.05) is 12.1 Å². The standard InChI is InChI=1S/C33H46N6O4/c1-4-28(40)39-18-17-38(20-23(39)12-15-34)31-25-11-14-33(13-10-22-7-5-9-27(42-3)26(22)19-33)30(41)29(25)35-32(36-31)43-21-24-8-6-16-37(24)2/h4-5,7,9,23-25,29,31-32,35-36H,1,6,8,10-14,16-21H2,2-3H3. The molecule has 0 radical (unpaired) electrons. The lowest BCUT2D eigenvalue weighted by Crippen LogP contribution is -2.74. The van der Waals surface area contributed by atoms with Crippen molar-refractivity contribution in [1.82, 2.24) is 25.3 Å². The normalized spacial score (nSPS) is 34.8. The first-order valence-corrected chi connectivity index (χ1v) is 15.9. The van der Waals surface area contributed by atoms with E-state index in [-0.39, 0.29) is 42.3 Å². The number of aryl methyl sites for hydroxylation is 1. The predicted molar refractivity (Wildman–Crippen MR) is 162 cm³/mol. The predicted octanol–water partition coefficient (Wildman–Crippen LogP) is 2.04. The summed E-state index contributed by atoms with van der Waals surface area (Å²) in [7, 11) is 3.85. The average Bonchev–Trinajstić information content (AvgIpc) is 3.45. The van der Waals surface area contributed by atoms with Crippen LogP contribution < -0.4 is 15.4 Å². The molecule has 1 amide bonds. The number of fused-ring (bicyclic) bond motifs is 2. The zero-order valence-corrected chi connectivity index (χ0v) is 25.6. The summed E-state index contributed by atoms with van der Waals surface area (Å²) in [6.45, 7) is 7.07. The maximum Gasteiger partial charge on any atom is 0.246 e. The quantitative estimate of drug-likeness (QED) is 0.461. The Balaban J connectivity index is 1.25. The number of ketones is 1. The van der Waals surface area contributed by atoms with Crippen molar-refractivity contribution < 1.29 is 19.1 Å². The highest BCUT2D eigenvalue weighted by molar-refractivity contribution is 5.92. The Morgan fingerprint density at radius 3 is 2.81 bits per heavy atom. The lowest BCUT2D eigenvalue weighted by atomic mass is 9.59. The summed E-state index contributed by atoms with van der Waals surface area (Å²) >= 11 is 0. The molecule has 1 saturated carbocycles. The van der Waals surface area contributed by atoms with Gasteiger partial charge in [-0.25, -0.2) is 0 Å². The second-order valence-electron chi connectivity index (χ2n) is 13.1. The average molecular weight is 591 g/mol. The van der Waals surface area contributed by atoms with Crippen molar-refractivity contribution in [3.8, 4) is 11.8 Å². The van der Waals surface area contributed by atoms with Crippen molar-refractivity contribution in [2.75, 3.05) is 46.9 Å². The number of benzene rings is 1. The number of rotatable bonds is 7. The number of Topliss-reactive ketones (excluding diaryl/α,β-unsaturated/α-hetero) is 1. The van der Waals surface area contributed by atoms with Gasteiger partial charge in [-0.1, -0.05) is 18.7 Å². The molecular weight excluding hydrogens is 544 g/mol. The molecule has 7 unspecified atom stereocenters. The van der Waals surface area contributed by atoms with Gasteiger partial charge in [0.2, 0.25) is 5.91 Å². The molecule has 0 aromatic heterocycles. The summed E-state index contributed by atoms with van der Waals surface area (Å²) in [5.41, 5.74) is 2.04. The number of hydrogen-bond donors (Lipinski definition) is 2. The van der Waals surface area contributed by atoms with Crippen LogP contribution in [0.1, 0.15) is 49.7 Å². The molecule has 10 heteroatoms. The molecule has 2 N–H and O–H groups in total. The van der Waals surface area contributed by atoms with Crippen molar-refractivity contribution in [3.05, 3.63) is 42.0 Å². The highest BCUT2D eigenvalue weighted by atomic mass is 16.5. The van der Waals surface area contributed by atoms with Gasteiger partial charge in [-0.3, -0.25) is 25.1 Å². The fraction of sp³-hybridized carbons (Fsp3) is 0.667. The molecular formula is C33H46N6O4. The highest BCUT2D eigenvalue weighted by Gasteiger charge is 2.55. The van der Waals surface area contributed by atoms with Gasteiger partial charge in [0.05, 0.1) is 44.5 Å². The number of nitrogens with one attached hydrogen (secondary N) is 2. The third kappa shape index (κ3) is 5.74. The number of carbonyl (C=O) groups excluding carboxylic acids is 2. The Bertz CT molecular complexity index is 1250. The minimum atomic E-state index is -0.466. The minimum absolute atomic E-state index is 0.0515. The minimum Gasteiger partial charge on any atom is -0.496 e. The molecule has 1 aromatic carbocycles. The molecule has 232 valence electrons. The molecule has 3 saturated heterocycles. The topological polar surface area (TPSA) is 110 Å². The van der Waals surface area contributed by atoms with E-state index in [9.17, 15) is 14.9 Å². The fourth-order valence-corrected chi connectivity index (χ4v) is 8.44. The van der Waals surface area contributed by atoms with Gasteiger partial charge in [-0.15, -0.1) is 0 Å². The number of amides is 1. The Hall–Kier alpha value is -2.81. The lowest BCUT2D eigenvalue weighted by Gasteiger charge is -2.55. The van der Waals surface area contributed by atoms with Crippen molar-refractivity contribution in [2.24, 2.45) is 11.3 Å². The Labute approximate surface area is 255 Å². The molecule has 6 rings (SSSR count). The molecule has 5 aliphatic rings. The highest BCUT2D eigenvalue weighted by Crippen LogP contribution is 2.49. The maximum atomic E-state index is 14.7. The third-order valence-electron chi connectivity index (χ3n) is 10.9.